The minimum absolute atomic E-state index is 0.0774. The minimum Gasteiger partial charge on any atom is -0.496 e. The number of hydrogen-bond donors (Lipinski definition) is 1. The summed E-state index contributed by atoms with van der Waals surface area (Å²) in [5, 5.41) is 2.82. The Morgan fingerprint density at radius 3 is 2.70 bits per heavy atom. The van der Waals surface area contributed by atoms with Gasteiger partial charge in [0.25, 0.3) is 0 Å². The Kier molecular flexibility index (Phi) is 6.73. The van der Waals surface area contributed by atoms with E-state index in [2.05, 4.69) is 5.32 Å². The second-order valence-corrected chi connectivity index (χ2v) is 8.34. The highest BCUT2D eigenvalue weighted by molar-refractivity contribution is 5.81. The standard InChI is InChI=1S/C21H32N2O4/c1-14-7-8-17(18(11-14)26-6)13-23-10-9-16(19(23)24)12-15(2)22-20(25)27-21(3,4)5/h7-8,11,15-16H,9-10,12-13H2,1-6H3,(H,22,25). The summed E-state index contributed by atoms with van der Waals surface area (Å²) in [5.74, 6) is 0.869. The zero-order valence-corrected chi connectivity index (χ0v) is 17.3. The molecule has 1 aliphatic rings. The summed E-state index contributed by atoms with van der Waals surface area (Å²) in [5.41, 5.74) is 1.61. The second-order valence-electron chi connectivity index (χ2n) is 8.34. The van der Waals surface area contributed by atoms with Gasteiger partial charge >= 0.3 is 6.09 Å². The zero-order valence-electron chi connectivity index (χ0n) is 17.3. The summed E-state index contributed by atoms with van der Waals surface area (Å²) in [7, 11) is 1.65. The lowest BCUT2D eigenvalue weighted by Crippen LogP contribution is -2.39. The van der Waals surface area contributed by atoms with Crippen molar-refractivity contribution >= 4 is 12.0 Å². The van der Waals surface area contributed by atoms with Gasteiger partial charge < -0.3 is 19.7 Å². The Hall–Kier alpha value is -2.24. The SMILES string of the molecule is COc1cc(C)ccc1CN1CCC(CC(C)NC(=O)OC(C)(C)C)C1=O. The first-order chi connectivity index (χ1) is 12.6. The lowest BCUT2D eigenvalue weighted by Gasteiger charge is -2.23. The van der Waals surface area contributed by atoms with Crippen molar-refractivity contribution in [2.45, 2.75) is 65.6 Å². The van der Waals surface area contributed by atoms with Crippen molar-refractivity contribution in [3.63, 3.8) is 0 Å². The van der Waals surface area contributed by atoms with Crippen LogP contribution in [0.2, 0.25) is 0 Å². The van der Waals surface area contributed by atoms with Gasteiger partial charge in [0.15, 0.2) is 0 Å². The summed E-state index contributed by atoms with van der Waals surface area (Å²) >= 11 is 0. The van der Waals surface area contributed by atoms with Crippen molar-refractivity contribution in [3.8, 4) is 5.75 Å². The molecule has 1 aromatic rings. The van der Waals surface area contributed by atoms with E-state index < -0.39 is 11.7 Å². The van der Waals surface area contributed by atoms with Gasteiger partial charge in [-0.3, -0.25) is 4.79 Å². The summed E-state index contributed by atoms with van der Waals surface area (Å²) in [6.07, 6.45) is 0.967. The molecule has 150 valence electrons. The summed E-state index contributed by atoms with van der Waals surface area (Å²) in [6.45, 7) is 10.7. The number of benzene rings is 1. The lowest BCUT2D eigenvalue weighted by atomic mass is 9.99. The highest BCUT2D eigenvalue weighted by atomic mass is 16.6. The Morgan fingerprint density at radius 2 is 2.07 bits per heavy atom. The van der Waals surface area contributed by atoms with Crippen LogP contribution in [-0.4, -0.2) is 42.2 Å². The van der Waals surface area contributed by atoms with E-state index in [9.17, 15) is 9.59 Å². The fourth-order valence-electron chi connectivity index (χ4n) is 3.36. The maximum atomic E-state index is 12.8. The van der Waals surface area contributed by atoms with E-state index >= 15 is 0 Å². The van der Waals surface area contributed by atoms with Crippen molar-refractivity contribution in [3.05, 3.63) is 29.3 Å². The van der Waals surface area contributed by atoms with Gasteiger partial charge in [-0.05, 0) is 59.1 Å². The van der Waals surface area contributed by atoms with Crippen LogP contribution in [0.15, 0.2) is 18.2 Å². The molecule has 2 unspecified atom stereocenters. The lowest BCUT2D eigenvalue weighted by molar-refractivity contribution is -0.131. The van der Waals surface area contributed by atoms with Gasteiger partial charge in [0.2, 0.25) is 5.91 Å². The van der Waals surface area contributed by atoms with E-state index in [4.69, 9.17) is 9.47 Å². The molecule has 1 aromatic carbocycles. The van der Waals surface area contributed by atoms with Gasteiger partial charge in [-0.15, -0.1) is 0 Å². The van der Waals surface area contributed by atoms with E-state index in [1.165, 1.54) is 0 Å². The number of aryl methyl sites for hydroxylation is 1. The molecule has 0 aliphatic carbocycles. The summed E-state index contributed by atoms with van der Waals surface area (Å²) in [6, 6.07) is 5.91. The van der Waals surface area contributed by atoms with Crippen LogP contribution in [0.3, 0.4) is 0 Å². The van der Waals surface area contributed by atoms with Gasteiger partial charge in [0, 0.05) is 30.6 Å². The van der Waals surface area contributed by atoms with Crippen LogP contribution in [0.5, 0.6) is 5.75 Å². The van der Waals surface area contributed by atoms with Crippen molar-refractivity contribution in [2.75, 3.05) is 13.7 Å². The van der Waals surface area contributed by atoms with E-state index in [1.807, 2.05) is 57.7 Å². The Balaban J connectivity index is 1.90. The number of likely N-dealkylation sites (tertiary alicyclic amines) is 1. The van der Waals surface area contributed by atoms with Crippen molar-refractivity contribution in [2.24, 2.45) is 5.92 Å². The van der Waals surface area contributed by atoms with Gasteiger partial charge in [-0.2, -0.15) is 0 Å². The third-order valence-electron chi connectivity index (χ3n) is 4.61. The zero-order chi connectivity index (χ0) is 20.2. The van der Waals surface area contributed by atoms with E-state index in [0.717, 1.165) is 29.8 Å². The number of amides is 2. The summed E-state index contributed by atoms with van der Waals surface area (Å²) in [4.78, 5) is 26.5. The van der Waals surface area contributed by atoms with Crippen LogP contribution in [0.25, 0.3) is 0 Å². The average molecular weight is 376 g/mol. The van der Waals surface area contributed by atoms with E-state index in [1.54, 1.807) is 7.11 Å². The van der Waals surface area contributed by atoms with Crippen molar-refractivity contribution in [1.82, 2.24) is 10.2 Å². The summed E-state index contributed by atoms with van der Waals surface area (Å²) < 4.78 is 10.7. The highest BCUT2D eigenvalue weighted by Crippen LogP contribution is 2.28. The Labute approximate surface area is 162 Å². The van der Waals surface area contributed by atoms with Crippen LogP contribution in [0.1, 0.15) is 51.7 Å². The van der Waals surface area contributed by atoms with Crippen LogP contribution in [0, 0.1) is 12.8 Å². The molecule has 0 aromatic heterocycles. The molecule has 1 N–H and O–H groups in total. The molecule has 1 heterocycles. The molecular formula is C21H32N2O4. The van der Waals surface area contributed by atoms with Gasteiger partial charge in [-0.1, -0.05) is 12.1 Å². The molecule has 2 rings (SSSR count). The molecule has 0 spiro atoms. The first kappa shape index (κ1) is 21.1. The minimum atomic E-state index is -0.531. The van der Waals surface area contributed by atoms with E-state index in [0.29, 0.717) is 13.0 Å². The molecule has 1 saturated heterocycles. The number of carbonyl (C=O) groups excluding carboxylic acids is 2. The molecular weight excluding hydrogens is 344 g/mol. The number of rotatable bonds is 6. The van der Waals surface area contributed by atoms with Gasteiger partial charge in [-0.25, -0.2) is 4.79 Å². The molecule has 6 heteroatoms. The quantitative estimate of drug-likeness (QED) is 0.823. The topological polar surface area (TPSA) is 67.9 Å². The fourth-order valence-corrected chi connectivity index (χ4v) is 3.36. The number of hydrogen-bond acceptors (Lipinski definition) is 4. The number of nitrogens with zero attached hydrogens (tertiary/aromatic N) is 1. The number of alkyl carbamates (subject to hydrolysis) is 1. The predicted octanol–water partition coefficient (Wildman–Crippen LogP) is 3.66. The first-order valence-electron chi connectivity index (χ1n) is 9.51. The normalized spacial score (nSPS) is 18.4. The number of methoxy groups -OCH3 is 1. The van der Waals surface area contributed by atoms with Crippen LogP contribution >= 0.6 is 0 Å². The molecule has 0 bridgehead atoms. The highest BCUT2D eigenvalue weighted by Gasteiger charge is 2.33. The number of carbonyl (C=O) groups is 2. The smallest absolute Gasteiger partial charge is 0.407 e. The largest absolute Gasteiger partial charge is 0.496 e. The predicted molar refractivity (Wildman–Crippen MR) is 105 cm³/mol. The molecule has 6 nitrogen and oxygen atoms in total. The molecule has 2 amide bonds. The van der Waals surface area contributed by atoms with Crippen molar-refractivity contribution in [1.29, 1.82) is 0 Å². The third kappa shape index (κ3) is 6.15. The molecule has 0 saturated carbocycles. The first-order valence-corrected chi connectivity index (χ1v) is 9.51. The second kappa shape index (κ2) is 8.63. The fraction of sp³-hybridized carbons (Fsp3) is 0.619. The average Bonchev–Trinajstić information content (AvgIpc) is 2.87. The molecule has 0 radical (unpaired) electrons. The molecule has 27 heavy (non-hydrogen) atoms. The molecule has 1 fully saturated rings. The van der Waals surface area contributed by atoms with Crippen LogP contribution in [0.4, 0.5) is 4.79 Å². The van der Waals surface area contributed by atoms with Crippen LogP contribution in [-0.2, 0) is 16.1 Å². The Morgan fingerprint density at radius 1 is 1.37 bits per heavy atom. The molecule has 1 aliphatic heterocycles. The number of ether oxygens (including phenoxy) is 2. The number of nitrogens with one attached hydrogen (secondary N) is 1. The third-order valence-corrected chi connectivity index (χ3v) is 4.61. The van der Waals surface area contributed by atoms with Crippen molar-refractivity contribution < 1.29 is 19.1 Å². The van der Waals surface area contributed by atoms with E-state index in [-0.39, 0.29) is 17.9 Å². The monoisotopic (exact) mass is 376 g/mol. The van der Waals surface area contributed by atoms with Gasteiger partial charge in [0.1, 0.15) is 11.4 Å². The van der Waals surface area contributed by atoms with Crippen LogP contribution < -0.4 is 10.1 Å². The van der Waals surface area contributed by atoms with Gasteiger partial charge in [0.05, 0.1) is 7.11 Å². The Bertz CT molecular complexity index is 681. The molecule has 2 atom stereocenters. The maximum Gasteiger partial charge on any atom is 0.407 e. The maximum absolute atomic E-state index is 12.8.